The van der Waals surface area contributed by atoms with Gasteiger partial charge in [-0.3, -0.25) is 9.68 Å². The lowest BCUT2D eigenvalue weighted by atomic mass is 10.1. The minimum absolute atomic E-state index is 0.769. The van der Waals surface area contributed by atoms with E-state index in [0.29, 0.717) is 0 Å². The van der Waals surface area contributed by atoms with Crippen LogP contribution in [0.25, 0.3) is 22.1 Å². The molecule has 0 amide bonds. The SMILES string of the molecule is COc1c(C)ccc2c1[n+](OC)c1ccccc1[n+]2OC. The zero-order valence-corrected chi connectivity index (χ0v) is 12.6. The van der Waals surface area contributed by atoms with Crippen LogP contribution in [0.15, 0.2) is 36.4 Å². The number of para-hydroxylation sites is 2. The number of methoxy groups -OCH3 is 1. The Labute approximate surface area is 122 Å². The molecule has 0 aliphatic rings. The second-order valence-corrected chi connectivity index (χ2v) is 4.73. The number of ether oxygens (including phenoxy) is 1. The largest absolute Gasteiger partial charge is 0.490 e. The second-order valence-electron chi connectivity index (χ2n) is 4.73. The predicted octanol–water partition coefficient (Wildman–Crippen LogP) is 1.00. The Morgan fingerprint density at radius 3 is 1.95 bits per heavy atom. The van der Waals surface area contributed by atoms with Crippen molar-refractivity contribution >= 4 is 22.1 Å². The molecule has 1 aromatic heterocycles. The quantitative estimate of drug-likeness (QED) is 0.532. The van der Waals surface area contributed by atoms with Crippen LogP contribution in [-0.4, -0.2) is 21.3 Å². The van der Waals surface area contributed by atoms with Crippen LogP contribution < -0.4 is 23.9 Å². The average molecular weight is 286 g/mol. The van der Waals surface area contributed by atoms with Crippen LogP contribution in [0.5, 0.6) is 5.75 Å². The van der Waals surface area contributed by atoms with Gasteiger partial charge in [0.1, 0.15) is 14.2 Å². The summed E-state index contributed by atoms with van der Waals surface area (Å²) in [5.74, 6) is 0.769. The topological polar surface area (TPSA) is 35.5 Å². The normalized spacial score (nSPS) is 10.9. The Bertz CT molecular complexity index is 831. The van der Waals surface area contributed by atoms with Crippen molar-refractivity contribution in [1.29, 1.82) is 0 Å². The summed E-state index contributed by atoms with van der Waals surface area (Å²) in [4.78, 5) is 11.2. The van der Waals surface area contributed by atoms with Gasteiger partial charge < -0.3 is 4.74 Å². The summed E-state index contributed by atoms with van der Waals surface area (Å²) in [5.41, 5.74) is 4.56. The summed E-state index contributed by atoms with van der Waals surface area (Å²) >= 11 is 0. The van der Waals surface area contributed by atoms with Crippen LogP contribution in [0.4, 0.5) is 0 Å². The molecule has 0 unspecified atom stereocenters. The van der Waals surface area contributed by atoms with Gasteiger partial charge in [0.15, 0.2) is 0 Å². The molecule has 0 aliphatic carbocycles. The molecule has 0 radical (unpaired) electrons. The molecule has 21 heavy (non-hydrogen) atoms. The molecule has 3 aromatic rings. The lowest BCUT2D eigenvalue weighted by Crippen LogP contribution is -2.51. The van der Waals surface area contributed by atoms with E-state index in [4.69, 9.17) is 14.4 Å². The molecule has 0 saturated carbocycles. The summed E-state index contributed by atoms with van der Waals surface area (Å²) in [6.07, 6.45) is 0. The molecule has 2 aromatic carbocycles. The first-order valence-corrected chi connectivity index (χ1v) is 6.68. The molecule has 3 rings (SSSR count). The molecular formula is C16H18N2O3+2. The van der Waals surface area contributed by atoms with Gasteiger partial charge >= 0.3 is 22.1 Å². The van der Waals surface area contributed by atoms with E-state index in [1.165, 1.54) is 0 Å². The number of nitrogens with zero attached hydrogens (tertiary/aromatic N) is 2. The lowest BCUT2D eigenvalue weighted by Gasteiger charge is -2.06. The molecule has 0 aliphatic heterocycles. The van der Waals surface area contributed by atoms with Gasteiger partial charge in [-0.05, 0) is 18.6 Å². The zero-order valence-electron chi connectivity index (χ0n) is 12.6. The van der Waals surface area contributed by atoms with E-state index >= 15 is 0 Å². The van der Waals surface area contributed by atoms with Gasteiger partial charge in [0.2, 0.25) is 5.75 Å². The van der Waals surface area contributed by atoms with Crippen molar-refractivity contribution in [3.05, 3.63) is 42.0 Å². The summed E-state index contributed by atoms with van der Waals surface area (Å²) in [6.45, 7) is 2.00. The number of rotatable bonds is 3. The van der Waals surface area contributed by atoms with Crippen molar-refractivity contribution < 1.29 is 23.9 Å². The maximum Gasteiger partial charge on any atom is 0.375 e. The van der Waals surface area contributed by atoms with Gasteiger partial charge in [-0.25, -0.2) is 0 Å². The van der Waals surface area contributed by atoms with Crippen molar-refractivity contribution in [1.82, 2.24) is 0 Å². The van der Waals surface area contributed by atoms with Crippen LogP contribution >= 0.6 is 0 Å². The minimum Gasteiger partial charge on any atom is -0.490 e. The van der Waals surface area contributed by atoms with Crippen LogP contribution in [-0.2, 0) is 0 Å². The molecule has 0 spiro atoms. The van der Waals surface area contributed by atoms with Crippen molar-refractivity contribution in [2.45, 2.75) is 6.92 Å². The van der Waals surface area contributed by atoms with E-state index < -0.39 is 0 Å². The van der Waals surface area contributed by atoms with E-state index in [1.54, 1.807) is 30.8 Å². The van der Waals surface area contributed by atoms with Crippen molar-refractivity contribution in [2.75, 3.05) is 21.3 Å². The first-order valence-electron chi connectivity index (χ1n) is 6.68. The molecule has 0 fully saturated rings. The van der Waals surface area contributed by atoms with Crippen LogP contribution in [0, 0.1) is 6.92 Å². The molecule has 108 valence electrons. The summed E-state index contributed by atoms with van der Waals surface area (Å²) < 4.78 is 9.13. The molecule has 1 heterocycles. The van der Waals surface area contributed by atoms with E-state index in [1.807, 2.05) is 43.3 Å². The minimum atomic E-state index is 0.769. The van der Waals surface area contributed by atoms with Gasteiger partial charge in [0.25, 0.3) is 0 Å². The highest BCUT2D eigenvalue weighted by atomic mass is 16.7. The highest BCUT2D eigenvalue weighted by Crippen LogP contribution is 2.26. The van der Waals surface area contributed by atoms with E-state index in [2.05, 4.69) is 0 Å². The highest BCUT2D eigenvalue weighted by molar-refractivity contribution is 5.81. The van der Waals surface area contributed by atoms with Gasteiger partial charge in [0, 0.05) is 27.7 Å². The standard InChI is InChI=1S/C16H18N2O3/c1-11-9-10-14-15(16(11)19-2)18(21-4)13-8-6-5-7-12(13)17(14)20-3/h5-10H,1-4H3/q+2. The average Bonchev–Trinajstić information content (AvgIpc) is 2.52. The third kappa shape index (κ3) is 1.85. The van der Waals surface area contributed by atoms with E-state index in [-0.39, 0.29) is 0 Å². The third-order valence-electron chi connectivity index (χ3n) is 3.62. The highest BCUT2D eigenvalue weighted by Gasteiger charge is 2.33. The summed E-state index contributed by atoms with van der Waals surface area (Å²) in [5, 5.41) is 0. The fourth-order valence-electron chi connectivity index (χ4n) is 2.72. The molecular weight excluding hydrogens is 268 g/mol. The van der Waals surface area contributed by atoms with Crippen molar-refractivity contribution in [3.8, 4) is 5.75 Å². The Kier molecular flexibility index (Phi) is 3.25. The maximum absolute atomic E-state index is 5.61. The van der Waals surface area contributed by atoms with Crippen molar-refractivity contribution in [3.63, 3.8) is 0 Å². The predicted molar refractivity (Wildman–Crippen MR) is 78.1 cm³/mol. The maximum atomic E-state index is 5.61. The van der Waals surface area contributed by atoms with Gasteiger partial charge in [0.05, 0.1) is 7.11 Å². The molecule has 5 heteroatoms. The summed E-state index contributed by atoms with van der Waals surface area (Å²) in [7, 11) is 4.95. The van der Waals surface area contributed by atoms with Gasteiger partial charge in [-0.15, -0.1) is 0 Å². The molecule has 0 saturated heterocycles. The molecule has 0 N–H and O–H groups in total. The van der Waals surface area contributed by atoms with Crippen molar-refractivity contribution in [2.24, 2.45) is 0 Å². The molecule has 0 atom stereocenters. The Hall–Kier alpha value is -2.56. The third-order valence-corrected chi connectivity index (χ3v) is 3.62. The summed E-state index contributed by atoms with van der Waals surface area (Å²) in [6, 6.07) is 11.9. The lowest BCUT2D eigenvalue weighted by molar-refractivity contribution is -0.875. The fourth-order valence-corrected chi connectivity index (χ4v) is 2.72. The first-order chi connectivity index (χ1) is 10.2. The smallest absolute Gasteiger partial charge is 0.375 e. The first kappa shape index (κ1) is 13.4. The number of hydrogen-bond donors (Lipinski definition) is 0. The Balaban J connectivity index is 2.64. The van der Waals surface area contributed by atoms with E-state index in [0.717, 1.165) is 33.4 Å². The monoisotopic (exact) mass is 286 g/mol. The van der Waals surface area contributed by atoms with Gasteiger partial charge in [-0.2, -0.15) is 0 Å². The Morgan fingerprint density at radius 1 is 0.762 bits per heavy atom. The number of hydrogen-bond acceptors (Lipinski definition) is 3. The second kappa shape index (κ2) is 5.09. The number of benzene rings is 2. The number of aromatic nitrogens is 2. The molecule has 0 bridgehead atoms. The van der Waals surface area contributed by atoms with Crippen LogP contribution in [0.3, 0.4) is 0 Å². The fraction of sp³-hybridized carbons (Fsp3) is 0.250. The number of aryl methyl sites for hydroxylation is 1. The zero-order chi connectivity index (χ0) is 15.0. The van der Waals surface area contributed by atoms with E-state index in [9.17, 15) is 0 Å². The number of fused-ring (bicyclic) bond motifs is 2. The van der Waals surface area contributed by atoms with Crippen LogP contribution in [0.2, 0.25) is 0 Å². The van der Waals surface area contributed by atoms with Gasteiger partial charge in [-0.1, -0.05) is 12.1 Å². The van der Waals surface area contributed by atoms with Crippen LogP contribution in [0.1, 0.15) is 5.56 Å². The molecule has 5 nitrogen and oxygen atoms in total. The Morgan fingerprint density at radius 2 is 1.38 bits per heavy atom.